The zero-order valence-corrected chi connectivity index (χ0v) is 10.8. The SMILES string of the molecule is CC1CCCC(O)(c2ccc(Cl)cc2F)CC1. The van der Waals surface area contributed by atoms with E-state index < -0.39 is 11.4 Å². The number of halogens is 2. The van der Waals surface area contributed by atoms with Gasteiger partial charge < -0.3 is 5.11 Å². The molecule has 94 valence electrons. The summed E-state index contributed by atoms with van der Waals surface area (Å²) >= 11 is 5.74. The Hall–Kier alpha value is -0.600. The highest BCUT2D eigenvalue weighted by Gasteiger charge is 2.33. The molecule has 0 amide bonds. The Kier molecular flexibility index (Phi) is 3.74. The van der Waals surface area contributed by atoms with Gasteiger partial charge in [0.25, 0.3) is 0 Å². The monoisotopic (exact) mass is 256 g/mol. The van der Waals surface area contributed by atoms with Gasteiger partial charge in [0.15, 0.2) is 0 Å². The van der Waals surface area contributed by atoms with Crippen LogP contribution in [-0.2, 0) is 5.60 Å². The minimum atomic E-state index is -1.01. The molecule has 0 aliphatic heterocycles. The number of hydrogen-bond donors (Lipinski definition) is 1. The summed E-state index contributed by atoms with van der Waals surface area (Å²) in [6, 6.07) is 4.54. The van der Waals surface area contributed by atoms with E-state index in [1.54, 1.807) is 12.1 Å². The van der Waals surface area contributed by atoms with E-state index in [4.69, 9.17) is 11.6 Å². The molecule has 0 heterocycles. The molecule has 1 aromatic rings. The fourth-order valence-electron chi connectivity index (χ4n) is 2.63. The van der Waals surface area contributed by atoms with Gasteiger partial charge in [0, 0.05) is 10.6 Å². The Morgan fingerprint density at radius 3 is 2.82 bits per heavy atom. The Balaban J connectivity index is 2.30. The first-order valence-electron chi connectivity index (χ1n) is 6.19. The lowest BCUT2D eigenvalue weighted by atomic mass is 9.86. The Labute approximate surface area is 107 Å². The highest BCUT2D eigenvalue weighted by Crippen LogP contribution is 2.39. The van der Waals surface area contributed by atoms with E-state index in [2.05, 4.69) is 6.92 Å². The minimum absolute atomic E-state index is 0.372. The highest BCUT2D eigenvalue weighted by molar-refractivity contribution is 6.30. The van der Waals surface area contributed by atoms with Crippen LogP contribution >= 0.6 is 11.6 Å². The molecule has 3 heteroatoms. The molecule has 2 unspecified atom stereocenters. The van der Waals surface area contributed by atoms with Crippen molar-refractivity contribution in [1.82, 2.24) is 0 Å². The van der Waals surface area contributed by atoms with Gasteiger partial charge in [0.05, 0.1) is 5.60 Å². The average molecular weight is 257 g/mol. The van der Waals surface area contributed by atoms with Crippen molar-refractivity contribution in [3.8, 4) is 0 Å². The van der Waals surface area contributed by atoms with Crippen molar-refractivity contribution in [2.45, 2.75) is 44.6 Å². The van der Waals surface area contributed by atoms with Crippen molar-refractivity contribution in [3.63, 3.8) is 0 Å². The van der Waals surface area contributed by atoms with E-state index in [0.717, 1.165) is 19.3 Å². The largest absolute Gasteiger partial charge is 0.385 e. The van der Waals surface area contributed by atoms with Crippen molar-refractivity contribution < 1.29 is 9.50 Å². The molecule has 1 aliphatic rings. The second kappa shape index (κ2) is 4.95. The summed E-state index contributed by atoms with van der Waals surface area (Å²) in [6.45, 7) is 2.18. The molecule has 0 bridgehead atoms. The first-order valence-corrected chi connectivity index (χ1v) is 6.57. The summed E-state index contributed by atoms with van der Waals surface area (Å²) in [6.07, 6.45) is 4.26. The Bertz CT molecular complexity index is 407. The molecule has 0 aromatic heterocycles. The van der Waals surface area contributed by atoms with E-state index in [1.165, 1.54) is 6.07 Å². The predicted molar refractivity (Wildman–Crippen MR) is 67.6 cm³/mol. The van der Waals surface area contributed by atoms with Crippen LogP contribution in [0.5, 0.6) is 0 Å². The van der Waals surface area contributed by atoms with Gasteiger partial charge in [-0.25, -0.2) is 4.39 Å². The summed E-state index contributed by atoms with van der Waals surface area (Å²) < 4.78 is 13.9. The summed E-state index contributed by atoms with van der Waals surface area (Å²) in [5.74, 6) is 0.217. The second-order valence-electron chi connectivity index (χ2n) is 5.19. The first-order chi connectivity index (χ1) is 8.01. The molecule has 1 nitrogen and oxygen atoms in total. The fraction of sp³-hybridized carbons (Fsp3) is 0.571. The zero-order valence-electron chi connectivity index (χ0n) is 10.0. The first kappa shape index (κ1) is 12.8. The number of rotatable bonds is 1. The van der Waals surface area contributed by atoms with Gasteiger partial charge in [-0.15, -0.1) is 0 Å². The topological polar surface area (TPSA) is 20.2 Å². The van der Waals surface area contributed by atoms with Crippen LogP contribution in [0.25, 0.3) is 0 Å². The van der Waals surface area contributed by atoms with Gasteiger partial charge in [-0.05, 0) is 43.7 Å². The Morgan fingerprint density at radius 1 is 1.35 bits per heavy atom. The lowest BCUT2D eigenvalue weighted by molar-refractivity contribution is 0.0164. The van der Waals surface area contributed by atoms with Crippen LogP contribution in [0.1, 0.15) is 44.6 Å². The molecule has 0 spiro atoms. The molecule has 1 fully saturated rings. The molecule has 2 atom stereocenters. The second-order valence-corrected chi connectivity index (χ2v) is 5.63. The van der Waals surface area contributed by atoms with E-state index in [-0.39, 0.29) is 0 Å². The molecular formula is C14H18ClFO. The van der Waals surface area contributed by atoms with Gasteiger partial charge in [-0.1, -0.05) is 31.0 Å². The summed E-state index contributed by atoms with van der Waals surface area (Å²) in [4.78, 5) is 0. The minimum Gasteiger partial charge on any atom is -0.385 e. The zero-order chi connectivity index (χ0) is 12.5. The molecule has 0 saturated heterocycles. The van der Waals surface area contributed by atoms with E-state index in [1.807, 2.05) is 0 Å². The lowest BCUT2D eigenvalue weighted by Crippen LogP contribution is -2.26. The van der Waals surface area contributed by atoms with Crippen molar-refractivity contribution >= 4 is 11.6 Å². The summed E-state index contributed by atoms with van der Waals surface area (Å²) in [7, 11) is 0. The van der Waals surface area contributed by atoms with Gasteiger partial charge >= 0.3 is 0 Å². The summed E-state index contributed by atoms with van der Waals surface area (Å²) in [5, 5.41) is 11.0. The van der Waals surface area contributed by atoms with Crippen LogP contribution in [0.15, 0.2) is 18.2 Å². The van der Waals surface area contributed by atoms with E-state index in [9.17, 15) is 9.50 Å². The number of aliphatic hydroxyl groups is 1. The molecule has 1 aliphatic carbocycles. The molecule has 0 radical (unpaired) electrons. The third-order valence-electron chi connectivity index (χ3n) is 3.77. The average Bonchev–Trinajstić information content (AvgIpc) is 2.42. The smallest absolute Gasteiger partial charge is 0.130 e. The van der Waals surface area contributed by atoms with Crippen LogP contribution in [0, 0.1) is 11.7 Å². The molecule has 1 saturated carbocycles. The molecule has 1 aromatic carbocycles. The van der Waals surface area contributed by atoms with Gasteiger partial charge in [0.1, 0.15) is 5.82 Å². The summed E-state index contributed by atoms with van der Waals surface area (Å²) in [5.41, 5.74) is -0.615. The molecule has 17 heavy (non-hydrogen) atoms. The third kappa shape index (κ3) is 2.80. The number of hydrogen-bond acceptors (Lipinski definition) is 1. The van der Waals surface area contributed by atoms with Gasteiger partial charge in [-0.2, -0.15) is 0 Å². The van der Waals surface area contributed by atoms with Crippen LogP contribution < -0.4 is 0 Å². The van der Waals surface area contributed by atoms with Gasteiger partial charge in [-0.3, -0.25) is 0 Å². The molecule has 2 rings (SSSR count). The van der Waals surface area contributed by atoms with Crippen molar-refractivity contribution in [3.05, 3.63) is 34.6 Å². The fourth-order valence-corrected chi connectivity index (χ4v) is 2.79. The molecule has 1 N–H and O–H groups in total. The third-order valence-corrected chi connectivity index (χ3v) is 4.01. The highest BCUT2D eigenvalue weighted by atomic mass is 35.5. The number of benzene rings is 1. The maximum Gasteiger partial charge on any atom is 0.130 e. The van der Waals surface area contributed by atoms with Crippen LogP contribution in [0.3, 0.4) is 0 Å². The van der Waals surface area contributed by atoms with E-state index >= 15 is 0 Å². The van der Waals surface area contributed by atoms with Crippen molar-refractivity contribution in [2.24, 2.45) is 5.92 Å². The van der Waals surface area contributed by atoms with Crippen molar-refractivity contribution in [2.75, 3.05) is 0 Å². The quantitative estimate of drug-likeness (QED) is 0.744. The maximum atomic E-state index is 13.9. The Morgan fingerprint density at radius 2 is 2.12 bits per heavy atom. The predicted octanol–water partition coefficient (Wildman–Crippen LogP) is 4.27. The normalized spacial score (nSPS) is 30.0. The van der Waals surface area contributed by atoms with E-state index in [0.29, 0.717) is 29.3 Å². The standard InChI is InChI=1S/C14H18ClFO/c1-10-3-2-7-14(17,8-6-10)12-5-4-11(15)9-13(12)16/h4-5,9-10,17H,2-3,6-8H2,1H3. The van der Waals surface area contributed by atoms with Gasteiger partial charge in [0.2, 0.25) is 0 Å². The molecular weight excluding hydrogens is 239 g/mol. The maximum absolute atomic E-state index is 13.9. The van der Waals surface area contributed by atoms with Crippen LogP contribution in [0.4, 0.5) is 4.39 Å². The van der Waals surface area contributed by atoms with Crippen molar-refractivity contribution in [1.29, 1.82) is 0 Å². The van der Waals surface area contributed by atoms with Crippen LogP contribution in [-0.4, -0.2) is 5.11 Å². The lowest BCUT2D eigenvalue weighted by Gasteiger charge is -2.27. The van der Waals surface area contributed by atoms with Crippen LogP contribution in [0.2, 0.25) is 5.02 Å².